The molecule has 2 atom stereocenters. The van der Waals surface area contributed by atoms with Crippen molar-refractivity contribution >= 4 is 28.7 Å². The van der Waals surface area contributed by atoms with E-state index < -0.39 is 0 Å². The van der Waals surface area contributed by atoms with Crippen LogP contribution < -0.4 is 5.32 Å². The highest BCUT2D eigenvalue weighted by Gasteiger charge is 2.41. The van der Waals surface area contributed by atoms with Crippen LogP contribution >= 0.6 is 23.6 Å². The van der Waals surface area contributed by atoms with E-state index in [1.807, 2.05) is 36.0 Å². The second-order valence-electron chi connectivity index (χ2n) is 7.72. The molecule has 5 rings (SSSR count). The van der Waals surface area contributed by atoms with E-state index in [0.29, 0.717) is 0 Å². The molecule has 1 aliphatic rings. The standard InChI is InChI=1S/C24H23N5S2/c1-16-14-19(17(2)29(16)24-26-12-13-31-24)22-21(20-10-6-7-11-25-20)27-23(30)28(22)15-18-8-4-3-5-9-18/h3-14,21-22H,15H2,1-2H3,(H,27,30)/t21-,22+/m1/s1. The lowest BCUT2D eigenvalue weighted by Crippen LogP contribution is -2.29. The molecule has 4 heterocycles. The molecule has 1 fully saturated rings. The van der Waals surface area contributed by atoms with Crippen molar-refractivity contribution in [3.63, 3.8) is 0 Å². The lowest BCUT2D eigenvalue weighted by Gasteiger charge is -2.28. The fraction of sp³-hybridized carbons (Fsp3) is 0.208. The summed E-state index contributed by atoms with van der Waals surface area (Å²) in [7, 11) is 0. The predicted molar refractivity (Wildman–Crippen MR) is 128 cm³/mol. The van der Waals surface area contributed by atoms with E-state index in [-0.39, 0.29) is 12.1 Å². The molecule has 0 unspecified atom stereocenters. The maximum absolute atomic E-state index is 5.83. The summed E-state index contributed by atoms with van der Waals surface area (Å²) in [6, 6.07) is 18.8. The quantitative estimate of drug-likeness (QED) is 0.432. The summed E-state index contributed by atoms with van der Waals surface area (Å²) in [6.07, 6.45) is 3.69. The number of thiazole rings is 1. The highest BCUT2D eigenvalue weighted by molar-refractivity contribution is 7.80. The van der Waals surface area contributed by atoms with Crippen LogP contribution in [0, 0.1) is 13.8 Å². The minimum absolute atomic E-state index is 0.0253. The summed E-state index contributed by atoms with van der Waals surface area (Å²) in [5, 5.41) is 7.30. The fourth-order valence-corrected chi connectivity index (χ4v) is 5.46. The summed E-state index contributed by atoms with van der Waals surface area (Å²) in [5.41, 5.74) is 5.81. The van der Waals surface area contributed by atoms with Crippen LogP contribution in [-0.4, -0.2) is 24.5 Å². The van der Waals surface area contributed by atoms with Crippen molar-refractivity contribution in [2.45, 2.75) is 32.5 Å². The van der Waals surface area contributed by atoms with Gasteiger partial charge in [-0.2, -0.15) is 0 Å². The van der Waals surface area contributed by atoms with E-state index >= 15 is 0 Å². The van der Waals surface area contributed by atoms with E-state index in [4.69, 9.17) is 12.2 Å². The molecule has 0 radical (unpaired) electrons. The van der Waals surface area contributed by atoms with Crippen molar-refractivity contribution < 1.29 is 0 Å². The highest BCUT2D eigenvalue weighted by Crippen LogP contribution is 2.42. The van der Waals surface area contributed by atoms with Crippen LogP contribution in [0.2, 0.25) is 0 Å². The van der Waals surface area contributed by atoms with Crippen LogP contribution in [0.1, 0.15) is 40.3 Å². The first-order valence-corrected chi connectivity index (χ1v) is 11.5. The third-order valence-electron chi connectivity index (χ3n) is 5.79. The molecule has 1 aliphatic heterocycles. The van der Waals surface area contributed by atoms with Gasteiger partial charge in [-0.25, -0.2) is 4.98 Å². The van der Waals surface area contributed by atoms with Crippen molar-refractivity contribution in [2.24, 2.45) is 0 Å². The Labute approximate surface area is 191 Å². The summed E-state index contributed by atoms with van der Waals surface area (Å²) in [6.45, 7) is 5.04. The summed E-state index contributed by atoms with van der Waals surface area (Å²) in [5.74, 6) is 0. The van der Waals surface area contributed by atoms with Crippen molar-refractivity contribution in [1.29, 1.82) is 0 Å². The van der Waals surface area contributed by atoms with E-state index in [1.165, 1.54) is 22.5 Å². The number of nitrogens with one attached hydrogen (secondary N) is 1. The molecule has 1 N–H and O–H groups in total. The van der Waals surface area contributed by atoms with Gasteiger partial charge < -0.3 is 10.2 Å². The number of benzene rings is 1. The van der Waals surface area contributed by atoms with Crippen molar-refractivity contribution in [3.8, 4) is 5.13 Å². The zero-order valence-electron chi connectivity index (χ0n) is 17.4. The average molecular weight is 446 g/mol. The van der Waals surface area contributed by atoms with Gasteiger partial charge >= 0.3 is 0 Å². The molecular formula is C24H23N5S2. The molecule has 1 aromatic carbocycles. The number of pyridine rings is 1. The van der Waals surface area contributed by atoms with Gasteiger partial charge in [-0.3, -0.25) is 9.55 Å². The Bertz CT molecular complexity index is 1190. The first kappa shape index (κ1) is 19.9. The monoisotopic (exact) mass is 445 g/mol. The van der Waals surface area contributed by atoms with Gasteiger partial charge in [-0.05, 0) is 55.4 Å². The minimum atomic E-state index is -0.0253. The van der Waals surface area contributed by atoms with Gasteiger partial charge in [0.05, 0.1) is 17.8 Å². The van der Waals surface area contributed by atoms with Crippen LogP contribution in [0.3, 0.4) is 0 Å². The molecule has 0 aliphatic carbocycles. The van der Waals surface area contributed by atoms with Gasteiger partial charge in [0.1, 0.15) is 0 Å². The van der Waals surface area contributed by atoms with Gasteiger partial charge in [-0.15, -0.1) is 11.3 Å². The average Bonchev–Trinajstić information content (AvgIpc) is 3.49. The third kappa shape index (κ3) is 3.64. The lowest BCUT2D eigenvalue weighted by molar-refractivity contribution is 0.310. The Hall–Kier alpha value is -3.03. The van der Waals surface area contributed by atoms with Crippen LogP contribution in [0.25, 0.3) is 5.13 Å². The van der Waals surface area contributed by atoms with E-state index in [2.05, 4.69) is 75.0 Å². The third-order valence-corrected chi connectivity index (χ3v) is 6.90. The molecule has 0 saturated carbocycles. The molecule has 5 nitrogen and oxygen atoms in total. The number of hydrogen-bond donors (Lipinski definition) is 1. The molecule has 3 aromatic heterocycles. The van der Waals surface area contributed by atoms with Crippen molar-refractivity contribution in [1.82, 2.24) is 24.8 Å². The zero-order valence-corrected chi connectivity index (χ0v) is 19.0. The van der Waals surface area contributed by atoms with E-state index in [9.17, 15) is 0 Å². The molecule has 4 aromatic rings. The lowest BCUT2D eigenvalue weighted by atomic mass is 9.96. The maximum Gasteiger partial charge on any atom is 0.193 e. The van der Waals surface area contributed by atoms with E-state index in [1.54, 1.807) is 11.3 Å². The molecule has 1 saturated heterocycles. The molecule has 31 heavy (non-hydrogen) atoms. The van der Waals surface area contributed by atoms with Gasteiger partial charge in [0, 0.05) is 35.7 Å². The largest absolute Gasteiger partial charge is 0.352 e. The zero-order chi connectivity index (χ0) is 21.4. The Morgan fingerprint density at radius 3 is 2.55 bits per heavy atom. The molecule has 0 bridgehead atoms. The Kier molecular flexibility index (Phi) is 5.29. The second-order valence-corrected chi connectivity index (χ2v) is 8.98. The Morgan fingerprint density at radius 2 is 1.84 bits per heavy atom. The normalized spacial score (nSPS) is 18.4. The Morgan fingerprint density at radius 1 is 1.03 bits per heavy atom. The minimum Gasteiger partial charge on any atom is -0.352 e. The number of thiocarbonyl (C=S) groups is 1. The number of hydrogen-bond acceptors (Lipinski definition) is 4. The number of rotatable bonds is 5. The van der Waals surface area contributed by atoms with Gasteiger partial charge in [0.15, 0.2) is 10.2 Å². The first-order chi connectivity index (χ1) is 15.1. The number of aryl methyl sites for hydroxylation is 1. The van der Waals surface area contributed by atoms with Crippen LogP contribution in [0.4, 0.5) is 0 Å². The van der Waals surface area contributed by atoms with Gasteiger partial charge in [0.2, 0.25) is 0 Å². The van der Waals surface area contributed by atoms with Crippen LogP contribution in [0.15, 0.2) is 72.4 Å². The highest BCUT2D eigenvalue weighted by atomic mass is 32.1. The summed E-state index contributed by atoms with van der Waals surface area (Å²) >= 11 is 7.47. The predicted octanol–water partition coefficient (Wildman–Crippen LogP) is 5.12. The maximum atomic E-state index is 5.83. The van der Waals surface area contributed by atoms with Crippen molar-refractivity contribution in [2.75, 3.05) is 0 Å². The fourth-order valence-electron chi connectivity index (χ4n) is 4.40. The number of aromatic nitrogens is 3. The molecule has 7 heteroatoms. The Balaban J connectivity index is 1.62. The van der Waals surface area contributed by atoms with E-state index in [0.717, 1.165) is 22.5 Å². The van der Waals surface area contributed by atoms with Crippen LogP contribution in [-0.2, 0) is 6.54 Å². The summed E-state index contributed by atoms with van der Waals surface area (Å²) in [4.78, 5) is 11.5. The van der Waals surface area contributed by atoms with Gasteiger partial charge in [-0.1, -0.05) is 36.4 Å². The molecular weight excluding hydrogens is 422 g/mol. The molecule has 0 amide bonds. The first-order valence-electron chi connectivity index (χ1n) is 10.2. The topological polar surface area (TPSA) is 46.0 Å². The van der Waals surface area contributed by atoms with Gasteiger partial charge in [0.25, 0.3) is 0 Å². The van der Waals surface area contributed by atoms with Crippen LogP contribution in [0.5, 0.6) is 0 Å². The molecule has 156 valence electrons. The van der Waals surface area contributed by atoms with Crippen molar-refractivity contribution in [3.05, 3.63) is 101 Å². The second kappa shape index (κ2) is 8.24. The smallest absolute Gasteiger partial charge is 0.193 e. The summed E-state index contributed by atoms with van der Waals surface area (Å²) < 4.78 is 2.23. The molecule has 0 spiro atoms. The SMILES string of the molecule is Cc1cc([C@H]2[C@@H](c3ccccn3)NC(=S)N2Cc2ccccc2)c(C)n1-c1nccs1. The number of nitrogens with zero attached hydrogens (tertiary/aromatic N) is 4.